The number of carbonyl (C=O) groups is 1. The van der Waals surface area contributed by atoms with E-state index < -0.39 is 11.6 Å². The first-order valence-electron chi connectivity index (χ1n) is 7.14. The fourth-order valence-corrected chi connectivity index (χ4v) is 3.04. The van der Waals surface area contributed by atoms with Crippen molar-refractivity contribution < 1.29 is 13.6 Å². The summed E-state index contributed by atoms with van der Waals surface area (Å²) < 4.78 is 28.1. The number of benzene rings is 1. The van der Waals surface area contributed by atoms with Crippen LogP contribution in [0.25, 0.3) is 0 Å². The quantitative estimate of drug-likeness (QED) is 0.778. The van der Waals surface area contributed by atoms with Crippen molar-refractivity contribution in [2.24, 2.45) is 0 Å². The average molecular weight is 360 g/mol. The molecular weight excluding hydrogens is 344 g/mol. The molecule has 1 amide bonds. The number of hydrogen-bond acceptors (Lipinski definition) is 3. The number of amides is 1. The van der Waals surface area contributed by atoms with Gasteiger partial charge in [0.05, 0.1) is 16.1 Å². The van der Waals surface area contributed by atoms with E-state index in [4.69, 9.17) is 11.6 Å². The molecule has 0 bridgehead atoms. The Hall–Kier alpha value is -1.60. The Morgan fingerprint density at radius 3 is 2.78 bits per heavy atom. The molecule has 0 atom stereocenters. The third kappa shape index (κ3) is 4.03. The second-order valence-corrected chi connectivity index (χ2v) is 6.18. The van der Waals surface area contributed by atoms with E-state index in [1.165, 1.54) is 18.3 Å². The van der Waals surface area contributed by atoms with Gasteiger partial charge in [-0.25, -0.2) is 13.6 Å². The van der Waals surface area contributed by atoms with Gasteiger partial charge in [0.1, 0.15) is 5.03 Å². The van der Waals surface area contributed by atoms with Gasteiger partial charge < -0.3 is 4.90 Å². The number of carbonyl (C=O) groups excluding carboxylic acids is 1. The standard InChI is InChI=1S/C15H16ClF2N3OS/c1-3-8-20(4-2)15(22)21-9-10(16)14(19-21)23-12-7-5-6-11(17)13(12)18/h5-7,9H,3-4,8H2,1-2H3. The summed E-state index contributed by atoms with van der Waals surface area (Å²) in [4.78, 5) is 14.0. The van der Waals surface area contributed by atoms with Gasteiger partial charge in [0.25, 0.3) is 0 Å². The van der Waals surface area contributed by atoms with Crippen molar-refractivity contribution >= 4 is 29.4 Å². The van der Waals surface area contributed by atoms with Crippen molar-refractivity contribution in [3.8, 4) is 0 Å². The van der Waals surface area contributed by atoms with Crippen LogP contribution in [0.4, 0.5) is 13.6 Å². The van der Waals surface area contributed by atoms with E-state index in [2.05, 4.69) is 5.10 Å². The second-order valence-electron chi connectivity index (χ2n) is 4.74. The van der Waals surface area contributed by atoms with Crippen molar-refractivity contribution in [1.82, 2.24) is 14.7 Å². The summed E-state index contributed by atoms with van der Waals surface area (Å²) in [6.45, 7) is 5.00. The lowest BCUT2D eigenvalue weighted by Gasteiger charge is -2.19. The molecule has 0 aliphatic heterocycles. The lowest BCUT2D eigenvalue weighted by molar-refractivity contribution is 0.198. The van der Waals surface area contributed by atoms with Gasteiger partial charge >= 0.3 is 6.03 Å². The molecule has 1 aromatic carbocycles. The Bertz CT molecular complexity index is 708. The summed E-state index contributed by atoms with van der Waals surface area (Å²) in [5, 5.41) is 4.55. The molecule has 8 heteroatoms. The number of hydrogen-bond donors (Lipinski definition) is 0. The first-order chi connectivity index (χ1) is 11.0. The second kappa shape index (κ2) is 7.79. The van der Waals surface area contributed by atoms with Gasteiger partial charge in [-0.2, -0.15) is 9.78 Å². The number of rotatable bonds is 5. The average Bonchev–Trinajstić information content (AvgIpc) is 2.90. The summed E-state index contributed by atoms with van der Waals surface area (Å²) in [5.41, 5.74) is 0. The van der Waals surface area contributed by atoms with Crippen LogP contribution in [0.2, 0.25) is 5.02 Å². The lowest BCUT2D eigenvalue weighted by Crippen LogP contribution is -2.35. The van der Waals surface area contributed by atoms with Crippen LogP contribution >= 0.6 is 23.4 Å². The normalized spacial score (nSPS) is 10.8. The molecular formula is C15H16ClF2N3OS. The zero-order valence-corrected chi connectivity index (χ0v) is 14.3. The Morgan fingerprint density at radius 2 is 2.13 bits per heavy atom. The third-order valence-electron chi connectivity index (χ3n) is 3.10. The molecule has 0 aliphatic carbocycles. The molecule has 0 fully saturated rings. The number of halogens is 3. The highest BCUT2D eigenvalue weighted by Gasteiger charge is 2.19. The smallest absolute Gasteiger partial charge is 0.323 e. The number of aromatic nitrogens is 2. The molecule has 2 rings (SSSR count). The largest absolute Gasteiger partial charge is 0.344 e. The van der Waals surface area contributed by atoms with Crippen molar-refractivity contribution in [1.29, 1.82) is 0 Å². The van der Waals surface area contributed by atoms with E-state index in [-0.39, 0.29) is 21.0 Å². The highest BCUT2D eigenvalue weighted by Crippen LogP contribution is 2.34. The van der Waals surface area contributed by atoms with E-state index in [9.17, 15) is 13.6 Å². The molecule has 23 heavy (non-hydrogen) atoms. The molecule has 124 valence electrons. The van der Waals surface area contributed by atoms with Crippen LogP contribution in [-0.2, 0) is 0 Å². The van der Waals surface area contributed by atoms with E-state index in [0.717, 1.165) is 28.9 Å². The maximum Gasteiger partial charge on any atom is 0.344 e. The van der Waals surface area contributed by atoms with Gasteiger partial charge in [0.15, 0.2) is 11.6 Å². The Morgan fingerprint density at radius 1 is 1.39 bits per heavy atom. The number of nitrogens with zero attached hydrogens (tertiary/aromatic N) is 3. The molecule has 1 heterocycles. The Labute approximate surface area is 142 Å². The van der Waals surface area contributed by atoms with Crippen LogP contribution < -0.4 is 0 Å². The van der Waals surface area contributed by atoms with E-state index in [0.29, 0.717) is 13.1 Å². The molecule has 0 spiro atoms. The molecule has 2 aromatic rings. The molecule has 0 radical (unpaired) electrons. The fraction of sp³-hybridized carbons (Fsp3) is 0.333. The van der Waals surface area contributed by atoms with Crippen LogP contribution in [0.1, 0.15) is 20.3 Å². The maximum atomic E-state index is 13.7. The zero-order chi connectivity index (χ0) is 17.0. The Kier molecular flexibility index (Phi) is 6.01. The minimum atomic E-state index is -0.962. The van der Waals surface area contributed by atoms with Gasteiger partial charge in [-0.05, 0) is 25.5 Å². The minimum absolute atomic E-state index is 0.0607. The van der Waals surface area contributed by atoms with Crippen molar-refractivity contribution in [3.63, 3.8) is 0 Å². The summed E-state index contributed by atoms with van der Waals surface area (Å²) in [6.07, 6.45) is 2.20. The molecule has 0 saturated heterocycles. The van der Waals surface area contributed by atoms with Gasteiger partial charge in [-0.15, -0.1) is 0 Å². The van der Waals surface area contributed by atoms with Crippen LogP contribution in [0.3, 0.4) is 0 Å². The minimum Gasteiger partial charge on any atom is -0.323 e. The van der Waals surface area contributed by atoms with Crippen molar-refractivity contribution in [2.75, 3.05) is 13.1 Å². The topological polar surface area (TPSA) is 38.1 Å². The van der Waals surface area contributed by atoms with Crippen LogP contribution in [0.15, 0.2) is 34.3 Å². The monoisotopic (exact) mass is 359 g/mol. The van der Waals surface area contributed by atoms with Crippen LogP contribution in [-0.4, -0.2) is 33.8 Å². The first kappa shape index (κ1) is 17.7. The predicted octanol–water partition coefficient (Wildman–Crippen LogP) is 4.67. The summed E-state index contributed by atoms with van der Waals surface area (Å²) in [5.74, 6) is -1.91. The van der Waals surface area contributed by atoms with Gasteiger partial charge in [-0.1, -0.05) is 36.4 Å². The molecule has 0 saturated carbocycles. The van der Waals surface area contributed by atoms with Gasteiger partial charge in [0.2, 0.25) is 0 Å². The first-order valence-corrected chi connectivity index (χ1v) is 8.33. The molecule has 0 N–H and O–H groups in total. The Balaban J connectivity index is 2.24. The SMILES string of the molecule is CCCN(CC)C(=O)n1cc(Cl)c(Sc2cccc(F)c2F)n1. The fourth-order valence-electron chi connectivity index (χ4n) is 1.98. The van der Waals surface area contributed by atoms with Gasteiger partial charge in [-0.3, -0.25) is 0 Å². The summed E-state index contributed by atoms with van der Waals surface area (Å²) in [6, 6.07) is 3.56. The van der Waals surface area contributed by atoms with Crippen LogP contribution in [0, 0.1) is 11.6 Å². The highest BCUT2D eigenvalue weighted by molar-refractivity contribution is 7.99. The van der Waals surface area contributed by atoms with Crippen molar-refractivity contribution in [2.45, 2.75) is 30.2 Å². The molecule has 0 aliphatic rings. The predicted molar refractivity (Wildman–Crippen MR) is 86.1 cm³/mol. The molecule has 0 unspecified atom stereocenters. The third-order valence-corrected chi connectivity index (χ3v) is 4.52. The lowest BCUT2D eigenvalue weighted by atomic mass is 10.3. The summed E-state index contributed by atoms with van der Waals surface area (Å²) >= 11 is 6.94. The van der Waals surface area contributed by atoms with E-state index in [1.54, 1.807) is 4.90 Å². The van der Waals surface area contributed by atoms with E-state index in [1.807, 2.05) is 13.8 Å². The molecule has 1 aromatic heterocycles. The van der Waals surface area contributed by atoms with Crippen LogP contribution in [0.5, 0.6) is 0 Å². The maximum absolute atomic E-state index is 13.7. The molecule has 4 nitrogen and oxygen atoms in total. The van der Waals surface area contributed by atoms with Gasteiger partial charge in [0, 0.05) is 13.1 Å². The zero-order valence-electron chi connectivity index (χ0n) is 12.7. The summed E-state index contributed by atoms with van der Waals surface area (Å²) in [7, 11) is 0. The van der Waals surface area contributed by atoms with Crippen molar-refractivity contribution in [3.05, 3.63) is 41.1 Å². The van der Waals surface area contributed by atoms with E-state index >= 15 is 0 Å². The highest BCUT2D eigenvalue weighted by atomic mass is 35.5.